The van der Waals surface area contributed by atoms with E-state index in [1.165, 1.54) is 30.3 Å². The molecule has 0 fully saturated rings. The Bertz CT molecular complexity index is 1250. The number of rotatable bonds is 7. The summed E-state index contributed by atoms with van der Waals surface area (Å²) in [4.78, 5) is 44.5. The molecule has 2 N–H and O–H groups in total. The van der Waals surface area contributed by atoms with Crippen LogP contribution in [0.15, 0.2) is 59.8 Å². The largest absolute Gasteiger partial charge is 0.340 e. The Morgan fingerprint density at radius 2 is 1.79 bits per heavy atom. The number of pyridine rings is 1. The molecular formula is C25H25N3O5S. The van der Waals surface area contributed by atoms with E-state index in [0.29, 0.717) is 23.3 Å². The smallest absolute Gasteiger partial charge is 0.244 e. The Labute approximate surface area is 200 Å². The van der Waals surface area contributed by atoms with Crippen molar-refractivity contribution in [3.63, 3.8) is 0 Å². The highest BCUT2D eigenvalue weighted by atomic mass is 32.2. The first kappa shape index (κ1) is 23.7. The number of amides is 2. The van der Waals surface area contributed by atoms with Crippen LogP contribution in [0, 0.1) is 5.92 Å². The van der Waals surface area contributed by atoms with Crippen molar-refractivity contribution >= 4 is 45.5 Å². The van der Waals surface area contributed by atoms with Gasteiger partial charge in [-0.05, 0) is 52.8 Å². The normalized spacial score (nSPS) is 18.3. The van der Waals surface area contributed by atoms with E-state index < -0.39 is 34.9 Å². The first-order valence-electron chi connectivity index (χ1n) is 10.9. The Kier molecular flexibility index (Phi) is 6.58. The van der Waals surface area contributed by atoms with Gasteiger partial charge in [-0.3, -0.25) is 19.4 Å². The Hall–Kier alpha value is -3.43. The number of nitrogens with zero attached hydrogens (tertiary/aromatic N) is 2. The zero-order valence-electron chi connectivity index (χ0n) is 19.0. The van der Waals surface area contributed by atoms with E-state index >= 15 is 0 Å². The highest BCUT2D eigenvalue weighted by Gasteiger charge is 2.43. The number of ketones is 1. The highest BCUT2D eigenvalue weighted by molar-refractivity contribution is 7.84. The van der Waals surface area contributed by atoms with Crippen molar-refractivity contribution in [2.24, 2.45) is 5.92 Å². The fourth-order valence-corrected chi connectivity index (χ4v) is 5.01. The monoisotopic (exact) mass is 479 g/mol. The molecule has 2 aromatic rings. The summed E-state index contributed by atoms with van der Waals surface area (Å²) in [5.41, 5.74) is 3.46. The average molecular weight is 480 g/mol. The van der Waals surface area contributed by atoms with Gasteiger partial charge in [-0.15, -0.1) is 0 Å². The van der Waals surface area contributed by atoms with E-state index in [0.717, 1.165) is 11.1 Å². The van der Waals surface area contributed by atoms with Crippen LogP contribution in [0.5, 0.6) is 0 Å². The van der Waals surface area contributed by atoms with Crippen molar-refractivity contribution in [1.29, 1.82) is 0 Å². The summed E-state index contributed by atoms with van der Waals surface area (Å²) in [5.74, 6) is -1.40. The predicted octanol–water partition coefficient (Wildman–Crippen LogP) is 2.95. The van der Waals surface area contributed by atoms with Crippen LogP contribution in [0.2, 0.25) is 0 Å². The number of allylic oxidation sites excluding steroid dienone is 2. The lowest BCUT2D eigenvalue weighted by molar-refractivity contribution is -0.128. The molecule has 34 heavy (non-hydrogen) atoms. The minimum atomic E-state index is -2.51. The van der Waals surface area contributed by atoms with Crippen molar-refractivity contribution in [3.8, 4) is 0 Å². The van der Waals surface area contributed by atoms with E-state index in [-0.39, 0.29) is 16.7 Å². The third-order valence-corrected chi connectivity index (χ3v) is 6.63. The van der Waals surface area contributed by atoms with Crippen molar-refractivity contribution < 1.29 is 23.1 Å². The maximum absolute atomic E-state index is 13.6. The molecule has 1 heterocycles. The number of fused-ring (bicyclic) bond motifs is 3. The molecule has 176 valence electrons. The molecule has 0 bridgehead atoms. The topological polar surface area (TPSA) is 117 Å². The summed E-state index contributed by atoms with van der Waals surface area (Å²) < 4.78 is 21.6. The number of carbonyl (C=O) groups is 3. The summed E-state index contributed by atoms with van der Waals surface area (Å²) in [6.07, 6.45) is 4.85. The third-order valence-electron chi connectivity index (χ3n) is 5.93. The summed E-state index contributed by atoms with van der Waals surface area (Å²) >= 11 is -2.51. The number of benzene rings is 1. The summed E-state index contributed by atoms with van der Waals surface area (Å²) in [6, 6.07) is 8.67. The van der Waals surface area contributed by atoms with E-state index in [2.05, 4.69) is 10.3 Å². The van der Waals surface area contributed by atoms with Crippen LogP contribution in [0.4, 0.5) is 5.69 Å². The number of Topliss-reactive ketones (excluding diaryl/α,β-unsaturated/α-hetero) is 1. The second kappa shape index (κ2) is 9.44. The molecule has 0 saturated carbocycles. The van der Waals surface area contributed by atoms with Gasteiger partial charge < -0.3 is 14.8 Å². The average Bonchev–Trinajstić information content (AvgIpc) is 2.78. The van der Waals surface area contributed by atoms with E-state index in [1.807, 2.05) is 38.1 Å². The second-order valence-corrected chi connectivity index (χ2v) is 9.61. The molecule has 0 saturated heterocycles. The SMILES string of the molecule is CC(=O)N(c1ccncc1)[C@@H](CC(C)C)C(=O)NC1C(=O)C(S(=O)O)=CC2=C1c1ccccc12. The van der Waals surface area contributed by atoms with Crippen LogP contribution < -0.4 is 10.2 Å². The van der Waals surface area contributed by atoms with Crippen LogP contribution in [0.3, 0.4) is 0 Å². The van der Waals surface area contributed by atoms with Crippen LogP contribution in [-0.2, 0) is 25.5 Å². The summed E-state index contributed by atoms with van der Waals surface area (Å²) in [5, 5.41) is 2.79. The number of nitrogens with one attached hydrogen (secondary N) is 1. The van der Waals surface area contributed by atoms with E-state index in [4.69, 9.17) is 0 Å². The zero-order valence-corrected chi connectivity index (χ0v) is 19.8. The quantitative estimate of drug-likeness (QED) is 0.590. The van der Waals surface area contributed by atoms with Gasteiger partial charge in [-0.2, -0.15) is 0 Å². The van der Waals surface area contributed by atoms with Gasteiger partial charge >= 0.3 is 0 Å². The predicted molar refractivity (Wildman–Crippen MR) is 130 cm³/mol. The van der Waals surface area contributed by atoms with Gasteiger partial charge in [-0.1, -0.05) is 38.1 Å². The number of anilines is 1. The zero-order chi connectivity index (χ0) is 24.6. The summed E-state index contributed by atoms with van der Waals surface area (Å²) in [7, 11) is 0. The van der Waals surface area contributed by atoms with Crippen LogP contribution in [0.25, 0.3) is 11.1 Å². The van der Waals surface area contributed by atoms with Gasteiger partial charge in [0.2, 0.25) is 17.6 Å². The van der Waals surface area contributed by atoms with Crippen molar-refractivity contribution in [2.45, 2.75) is 39.3 Å². The van der Waals surface area contributed by atoms with Crippen molar-refractivity contribution in [2.75, 3.05) is 4.90 Å². The molecule has 2 amide bonds. The van der Waals surface area contributed by atoms with Crippen LogP contribution >= 0.6 is 0 Å². The van der Waals surface area contributed by atoms with E-state index in [9.17, 15) is 23.1 Å². The fraction of sp³-hybridized carbons (Fsp3) is 0.280. The van der Waals surface area contributed by atoms with Gasteiger partial charge in [0.15, 0.2) is 11.1 Å². The molecule has 4 rings (SSSR count). The number of hydrogen-bond acceptors (Lipinski definition) is 5. The first-order valence-corrected chi connectivity index (χ1v) is 12.0. The molecule has 9 heteroatoms. The van der Waals surface area contributed by atoms with Gasteiger partial charge in [-0.25, -0.2) is 4.21 Å². The standard InChI is InChI=1S/C25H25N3O5S/c1-14(2)12-20(28(15(3)29)16-8-10-26-11-9-16)25(31)27-23-22-18-7-5-4-6-17(18)19(22)13-21(24(23)30)34(32)33/h4-11,13-14,20,23H,12H2,1-3H3,(H,27,31)(H,32,33)/t20-,23?/m0/s1. The molecule has 8 nitrogen and oxygen atoms in total. The van der Waals surface area contributed by atoms with Crippen molar-refractivity contribution in [1.82, 2.24) is 10.3 Å². The lowest BCUT2D eigenvalue weighted by Crippen LogP contribution is -2.55. The molecule has 0 spiro atoms. The number of hydrogen-bond donors (Lipinski definition) is 2. The first-order chi connectivity index (χ1) is 16.2. The van der Waals surface area contributed by atoms with Crippen molar-refractivity contribution in [3.05, 3.63) is 70.9 Å². The molecule has 2 unspecified atom stereocenters. The third kappa shape index (κ3) is 4.24. The highest BCUT2D eigenvalue weighted by Crippen LogP contribution is 2.46. The Balaban J connectivity index is 1.71. The maximum atomic E-state index is 13.6. The molecular weight excluding hydrogens is 454 g/mol. The molecule has 2 aliphatic rings. The molecule has 1 aromatic heterocycles. The Morgan fingerprint density at radius 3 is 2.38 bits per heavy atom. The van der Waals surface area contributed by atoms with Gasteiger partial charge in [0.25, 0.3) is 0 Å². The second-order valence-electron chi connectivity index (χ2n) is 8.68. The minimum absolute atomic E-state index is 0.0705. The van der Waals surface area contributed by atoms with Gasteiger partial charge in [0, 0.05) is 25.0 Å². The van der Waals surface area contributed by atoms with Crippen LogP contribution in [0.1, 0.15) is 38.3 Å². The minimum Gasteiger partial charge on any atom is -0.340 e. The van der Waals surface area contributed by atoms with Gasteiger partial charge in [0.1, 0.15) is 17.0 Å². The molecule has 3 atom stereocenters. The molecule has 0 aliphatic heterocycles. The maximum Gasteiger partial charge on any atom is 0.244 e. The molecule has 0 radical (unpaired) electrons. The van der Waals surface area contributed by atoms with E-state index in [1.54, 1.807) is 12.1 Å². The number of carbonyl (C=O) groups excluding carboxylic acids is 3. The summed E-state index contributed by atoms with van der Waals surface area (Å²) in [6.45, 7) is 5.26. The number of aromatic nitrogens is 1. The Morgan fingerprint density at radius 1 is 1.15 bits per heavy atom. The molecule has 2 aliphatic carbocycles. The lowest BCUT2D eigenvalue weighted by atomic mass is 9.73. The lowest BCUT2D eigenvalue weighted by Gasteiger charge is -2.37. The van der Waals surface area contributed by atoms with Gasteiger partial charge in [0.05, 0.1) is 0 Å². The molecule has 1 aromatic carbocycles. The van der Waals surface area contributed by atoms with Crippen LogP contribution in [-0.4, -0.2) is 43.4 Å². The fourth-order valence-electron chi connectivity index (χ4n) is 4.50.